The SMILES string of the molecule is [2H]c1c([2H])c([2H])c2c(oc3c2c([2H])c([2H])c2c4c([2H])c([2H])c([2H])c([2H])c4n(-c4cc(-n5c6c([2H])c([2H])c([2H])c([2H])c6c6c([2H])c([2H])c7c(oc8c([2H])c([2H])c([2H])c([2H])c87)c65)c(-n5c6c([2H])c([2H])c([2H])c([2H])c6c6c([2H])c([2H])c7c(oc8c([2H])c([2H])c([2H])c([2H])c87)c65)c([N+]#[C-])c4C#N)c32)c1[2H]. The quantitative estimate of drug-likeness (QED) is 0.165. The second-order valence-corrected chi connectivity index (χ2v) is 15.8. The van der Waals surface area contributed by atoms with E-state index in [9.17, 15) is 32.4 Å². The van der Waals surface area contributed by atoms with Gasteiger partial charge < -0.3 is 27.0 Å². The predicted octanol–water partition coefficient (Wildman–Crippen LogP) is 17.1. The summed E-state index contributed by atoms with van der Waals surface area (Å²) in [6.45, 7) is 9.50. The Kier molecular flexibility index (Phi) is 3.60. The first-order chi connectivity index (χ1) is 47.2. The van der Waals surface area contributed by atoms with Crippen molar-refractivity contribution in [1.82, 2.24) is 13.7 Å². The van der Waals surface area contributed by atoms with E-state index in [0.717, 1.165) is 19.8 Å². The fourth-order valence-electron chi connectivity index (χ4n) is 9.82. The number of nitriles is 1. The van der Waals surface area contributed by atoms with Crippen molar-refractivity contribution in [2.45, 2.75) is 0 Å². The molecular formula is C62H31N5O3. The van der Waals surface area contributed by atoms with Crippen molar-refractivity contribution in [3.63, 3.8) is 0 Å². The first-order valence-corrected chi connectivity index (χ1v) is 20.7. The minimum absolute atomic E-state index is 0.475. The van der Waals surface area contributed by atoms with E-state index in [1.165, 1.54) is 0 Å². The van der Waals surface area contributed by atoms with E-state index in [0.29, 0.717) is 0 Å². The largest absolute Gasteiger partial charge is 0.454 e. The first kappa shape index (κ1) is 18.9. The number of para-hydroxylation sites is 6. The van der Waals surface area contributed by atoms with Gasteiger partial charge in [-0.1, -0.05) is 127 Å². The zero-order valence-electron chi connectivity index (χ0n) is 64.5. The molecule has 0 spiro atoms. The molecule has 70 heavy (non-hydrogen) atoms. The normalized spacial score (nSPS) is 18.3. The molecule has 0 unspecified atom stereocenters. The van der Waals surface area contributed by atoms with Gasteiger partial charge >= 0.3 is 0 Å². The Bertz CT molecular complexity index is 6940. The Labute approximate surface area is 437 Å². The average Bonchev–Trinajstić information content (AvgIpc) is 1.50. The van der Waals surface area contributed by atoms with Crippen LogP contribution >= 0.6 is 0 Å². The summed E-state index contributed by atoms with van der Waals surface area (Å²) in [6.07, 6.45) is 0. The van der Waals surface area contributed by atoms with Gasteiger partial charge in [-0.2, -0.15) is 5.26 Å². The maximum absolute atomic E-state index is 12.2. The molecule has 0 aliphatic rings. The Hall–Kier alpha value is -10.0. The topological polar surface area (TPSA) is 82.4 Å². The van der Waals surface area contributed by atoms with Gasteiger partial charge in [-0.25, -0.2) is 4.85 Å². The predicted molar refractivity (Wildman–Crippen MR) is 282 cm³/mol. The summed E-state index contributed by atoms with van der Waals surface area (Å²) in [5.74, 6) is 0. The highest BCUT2D eigenvalue weighted by molar-refractivity contribution is 6.25. The van der Waals surface area contributed by atoms with Crippen molar-refractivity contribution in [2.75, 3.05) is 0 Å². The molecule has 0 saturated carbocycles. The van der Waals surface area contributed by atoms with Gasteiger partial charge in [0.2, 0.25) is 5.69 Å². The number of rotatable bonds is 3. The van der Waals surface area contributed by atoms with Crippen LogP contribution in [0.1, 0.15) is 46.7 Å². The van der Waals surface area contributed by atoms with Gasteiger partial charge in [-0.05, 0) is 60.4 Å². The molecule has 10 aromatic carbocycles. The molecular weight excluding hydrogens is 863 g/mol. The third kappa shape index (κ3) is 4.57. The maximum Gasteiger partial charge on any atom is 0.232 e. The molecule has 16 aromatic rings. The van der Waals surface area contributed by atoms with Crippen LogP contribution in [0.4, 0.5) is 5.69 Å². The molecule has 0 amide bonds. The molecule has 0 N–H and O–H groups in total. The van der Waals surface area contributed by atoms with Crippen LogP contribution in [0.2, 0.25) is 0 Å². The Morgan fingerprint density at radius 3 is 1.16 bits per heavy atom. The molecule has 0 saturated heterocycles. The number of fused-ring (bicyclic) bond motifs is 21. The standard InChI is InChI=1S/C62H31N5O3/c1-64-55-46(33-63)50(65-47-20-8-2-14-34(47)40-26-29-43-37-17-5-11-23-52(37)68-60(43)56(40)65)32-51(66-48-21-9-3-15-35(48)41-27-30-44-38-18-6-12-24-53(38)69-61(44)57(41)66)59(55)67-49-22-10-4-16-36(49)42-28-31-45-39-19-7-13-25-54(39)70-62(45)58(42)67/h2-32H/i2D,3D,4D,5D,6D,7D,8D,9D,10D,11D,12D,13D,14D,15D,16D,17D,18D,19D,20D,21D,22D,23D,24D,25D,26D,27D,28D,29D,30D,31D. The lowest BCUT2D eigenvalue weighted by atomic mass is 10.0. The minimum Gasteiger partial charge on any atom is -0.454 e. The molecule has 0 atom stereocenters. The van der Waals surface area contributed by atoms with Crippen LogP contribution in [0.3, 0.4) is 0 Å². The third-order valence-corrected chi connectivity index (χ3v) is 12.6. The van der Waals surface area contributed by atoms with Gasteiger partial charge in [0, 0.05) is 64.6 Å². The lowest BCUT2D eigenvalue weighted by Crippen LogP contribution is -2.08. The van der Waals surface area contributed by atoms with Gasteiger partial charge in [0.15, 0.2) is 16.7 Å². The summed E-state index contributed by atoms with van der Waals surface area (Å²) in [7, 11) is 0. The van der Waals surface area contributed by atoms with E-state index >= 15 is 0 Å². The molecule has 6 aromatic heterocycles. The Morgan fingerprint density at radius 1 is 0.400 bits per heavy atom. The molecule has 0 aliphatic carbocycles. The van der Waals surface area contributed by atoms with Crippen LogP contribution in [0, 0.1) is 17.9 Å². The van der Waals surface area contributed by atoms with Gasteiger partial charge in [-0.3, -0.25) is 0 Å². The van der Waals surface area contributed by atoms with Crippen molar-refractivity contribution >= 4 is 137 Å². The van der Waals surface area contributed by atoms with Crippen LogP contribution in [-0.2, 0) is 0 Å². The van der Waals surface area contributed by atoms with Crippen molar-refractivity contribution in [3.8, 4) is 23.1 Å². The molecule has 0 bridgehead atoms. The average molecular weight is 924 g/mol. The Morgan fingerprint density at radius 2 is 0.743 bits per heavy atom. The summed E-state index contributed by atoms with van der Waals surface area (Å²) in [4.78, 5) is 3.96. The van der Waals surface area contributed by atoms with E-state index in [2.05, 4.69) is 4.85 Å². The van der Waals surface area contributed by atoms with Gasteiger partial charge in [0.25, 0.3) is 0 Å². The lowest BCUT2D eigenvalue weighted by Gasteiger charge is -2.22. The van der Waals surface area contributed by atoms with E-state index in [1.807, 2.05) is 6.07 Å². The van der Waals surface area contributed by atoms with Crippen LogP contribution < -0.4 is 0 Å². The number of nitrogens with zero attached hydrogens (tertiary/aromatic N) is 5. The van der Waals surface area contributed by atoms with Crippen LogP contribution in [-0.4, -0.2) is 13.7 Å². The second kappa shape index (κ2) is 13.3. The highest BCUT2D eigenvalue weighted by atomic mass is 16.3. The summed E-state index contributed by atoms with van der Waals surface area (Å²) < 4.78 is 300. The highest BCUT2D eigenvalue weighted by Crippen LogP contribution is 2.50. The van der Waals surface area contributed by atoms with Crippen molar-refractivity contribution < 1.29 is 54.4 Å². The summed E-state index contributed by atoms with van der Waals surface area (Å²) in [6, 6.07) is -23.8. The highest BCUT2D eigenvalue weighted by Gasteiger charge is 2.31. The van der Waals surface area contributed by atoms with Gasteiger partial charge in [0.1, 0.15) is 16.7 Å². The fraction of sp³-hybridized carbons (Fsp3) is 0. The molecule has 8 nitrogen and oxygen atoms in total. The molecule has 0 aliphatic heterocycles. The van der Waals surface area contributed by atoms with Gasteiger partial charge in [0.05, 0.1) is 109 Å². The molecule has 322 valence electrons. The maximum atomic E-state index is 12.2. The molecule has 6 heterocycles. The smallest absolute Gasteiger partial charge is 0.232 e. The van der Waals surface area contributed by atoms with E-state index < -0.39 is 341 Å². The van der Waals surface area contributed by atoms with Gasteiger partial charge in [-0.15, -0.1) is 0 Å². The minimum atomic E-state index is -1.03. The van der Waals surface area contributed by atoms with Crippen LogP contribution in [0.25, 0.3) is 153 Å². The van der Waals surface area contributed by atoms with Crippen LogP contribution in [0.15, 0.2) is 201 Å². The monoisotopic (exact) mass is 923 g/mol. The van der Waals surface area contributed by atoms with E-state index in [4.69, 9.17) is 33.8 Å². The zero-order chi connectivity index (χ0) is 72.0. The number of hydrogen-bond donors (Lipinski definition) is 0. The van der Waals surface area contributed by atoms with Crippen molar-refractivity contribution in [2.24, 2.45) is 0 Å². The number of furan rings is 3. The zero-order valence-corrected chi connectivity index (χ0v) is 34.5. The molecule has 0 fully saturated rings. The third-order valence-electron chi connectivity index (χ3n) is 12.6. The number of benzene rings is 10. The van der Waals surface area contributed by atoms with Crippen molar-refractivity contribution in [1.29, 1.82) is 5.26 Å². The summed E-state index contributed by atoms with van der Waals surface area (Å²) in [5.41, 5.74) is -12.3. The van der Waals surface area contributed by atoms with Crippen molar-refractivity contribution in [3.05, 3.63) is 204 Å². The number of aromatic nitrogens is 3. The second-order valence-electron chi connectivity index (χ2n) is 15.8. The first-order valence-electron chi connectivity index (χ1n) is 35.7. The summed E-state index contributed by atoms with van der Waals surface area (Å²) in [5, 5.41) is 5.50. The fourth-order valence-corrected chi connectivity index (χ4v) is 9.82. The lowest BCUT2D eigenvalue weighted by molar-refractivity contribution is 0.670. The molecule has 8 heteroatoms. The van der Waals surface area contributed by atoms with Crippen LogP contribution in [0.5, 0.6) is 0 Å². The van der Waals surface area contributed by atoms with E-state index in [1.54, 1.807) is 0 Å². The summed E-state index contributed by atoms with van der Waals surface area (Å²) >= 11 is 0. The number of hydrogen-bond acceptors (Lipinski definition) is 4. The molecule has 16 rings (SSSR count). The molecule has 0 radical (unpaired) electrons. The Balaban J connectivity index is 1.29. The van der Waals surface area contributed by atoms with E-state index in [-0.39, 0.29) is 0 Å².